The fraction of sp³-hybridized carbons (Fsp3) is 0.556. The van der Waals surface area contributed by atoms with Gasteiger partial charge in [0.15, 0.2) is 9.84 Å². The average molecular weight is 382 g/mol. The van der Waals surface area contributed by atoms with Gasteiger partial charge in [0.2, 0.25) is 11.8 Å². The average Bonchev–Trinajstić information content (AvgIpc) is 2.94. The van der Waals surface area contributed by atoms with Gasteiger partial charge in [-0.05, 0) is 32.4 Å². The van der Waals surface area contributed by atoms with E-state index in [0.29, 0.717) is 31.0 Å². The second kappa shape index (κ2) is 8.53. The lowest BCUT2D eigenvalue weighted by atomic mass is 10.2. The molecule has 0 radical (unpaired) electrons. The summed E-state index contributed by atoms with van der Waals surface area (Å²) in [5.74, 6) is 0.0777. The number of amides is 2. The Morgan fingerprint density at radius 1 is 1.23 bits per heavy atom. The first-order valence-electron chi connectivity index (χ1n) is 8.78. The van der Waals surface area contributed by atoms with Crippen molar-refractivity contribution in [1.82, 2.24) is 4.90 Å². The molecule has 1 aromatic carbocycles. The summed E-state index contributed by atoms with van der Waals surface area (Å²) < 4.78 is 29.0. The van der Waals surface area contributed by atoms with Gasteiger partial charge in [0.05, 0.1) is 23.8 Å². The smallest absolute Gasteiger partial charge is 0.242 e. The zero-order chi connectivity index (χ0) is 19.3. The molecule has 1 aromatic rings. The Bertz CT molecular complexity index is 763. The van der Waals surface area contributed by atoms with Gasteiger partial charge >= 0.3 is 0 Å². The summed E-state index contributed by atoms with van der Waals surface area (Å²) in [6.07, 6.45) is 0.442. The van der Waals surface area contributed by atoms with Crippen molar-refractivity contribution in [2.75, 3.05) is 36.1 Å². The Kier molecular flexibility index (Phi) is 6.63. The molecule has 1 saturated heterocycles. The van der Waals surface area contributed by atoms with Crippen LogP contribution in [0.5, 0.6) is 5.75 Å². The van der Waals surface area contributed by atoms with Crippen LogP contribution >= 0.6 is 0 Å². The molecular formula is C18H26N2O5S. The quantitative estimate of drug-likeness (QED) is 0.713. The van der Waals surface area contributed by atoms with Crippen molar-refractivity contribution in [1.29, 1.82) is 0 Å². The predicted octanol–water partition coefficient (Wildman–Crippen LogP) is 1.47. The fourth-order valence-corrected chi connectivity index (χ4v) is 4.94. The number of nitrogens with zero attached hydrogens (tertiary/aromatic N) is 2. The molecule has 0 aliphatic carbocycles. The van der Waals surface area contributed by atoms with Crippen LogP contribution in [0.4, 0.5) is 5.69 Å². The van der Waals surface area contributed by atoms with Crippen molar-refractivity contribution in [3.63, 3.8) is 0 Å². The number of carbonyl (C=O) groups excluding carboxylic acids is 2. The van der Waals surface area contributed by atoms with Gasteiger partial charge in [0, 0.05) is 19.5 Å². The summed E-state index contributed by atoms with van der Waals surface area (Å²) in [7, 11) is -3.09. The summed E-state index contributed by atoms with van der Waals surface area (Å²) in [6.45, 7) is 5.75. The first-order valence-corrected chi connectivity index (χ1v) is 10.6. The maximum atomic E-state index is 12.8. The third-order valence-electron chi connectivity index (χ3n) is 4.44. The van der Waals surface area contributed by atoms with Crippen molar-refractivity contribution < 1.29 is 22.7 Å². The number of likely N-dealkylation sites (N-methyl/N-ethyl adjacent to an activating group) is 1. The van der Waals surface area contributed by atoms with Gasteiger partial charge in [-0.1, -0.05) is 12.1 Å². The molecule has 0 bridgehead atoms. The number of hydrogen-bond acceptors (Lipinski definition) is 5. The summed E-state index contributed by atoms with van der Waals surface area (Å²) >= 11 is 0. The van der Waals surface area contributed by atoms with E-state index in [9.17, 15) is 18.0 Å². The molecule has 0 aromatic heterocycles. The fourth-order valence-electron chi connectivity index (χ4n) is 3.21. The molecule has 1 aliphatic heterocycles. The third-order valence-corrected chi connectivity index (χ3v) is 6.19. The van der Waals surface area contributed by atoms with Gasteiger partial charge in [-0.25, -0.2) is 8.42 Å². The van der Waals surface area contributed by atoms with Crippen LogP contribution < -0.4 is 9.64 Å². The van der Waals surface area contributed by atoms with Crippen LogP contribution in [-0.4, -0.2) is 62.4 Å². The minimum atomic E-state index is -3.09. The van der Waals surface area contributed by atoms with Gasteiger partial charge in [0.25, 0.3) is 0 Å². The van der Waals surface area contributed by atoms with E-state index >= 15 is 0 Å². The van der Waals surface area contributed by atoms with Crippen LogP contribution in [0.1, 0.15) is 27.2 Å². The van der Waals surface area contributed by atoms with Gasteiger partial charge < -0.3 is 9.64 Å². The number of hydrogen-bond donors (Lipinski definition) is 0. The molecule has 7 nitrogen and oxygen atoms in total. The van der Waals surface area contributed by atoms with Crippen molar-refractivity contribution in [2.45, 2.75) is 33.2 Å². The molecule has 1 fully saturated rings. The monoisotopic (exact) mass is 382 g/mol. The molecule has 1 heterocycles. The second-order valence-electron chi connectivity index (χ2n) is 6.24. The van der Waals surface area contributed by atoms with Crippen LogP contribution in [-0.2, 0) is 19.4 Å². The summed E-state index contributed by atoms with van der Waals surface area (Å²) in [6, 6.07) is 6.74. The maximum Gasteiger partial charge on any atom is 0.242 e. The number of sulfone groups is 1. The molecule has 0 N–H and O–H groups in total. The molecule has 8 heteroatoms. The van der Waals surface area contributed by atoms with Crippen molar-refractivity contribution in [3.05, 3.63) is 24.3 Å². The number of para-hydroxylation sites is 2. The lowest BCUT2D eigenvalue weighted by molar-refractivity contribution is -0.132. The van der Waals surface area contributed by atoms with Crippen molar-refractivity contribution >= 4 is 27.3 Å². The standard InChI is InChI=1S/C18H26N2O5S/c1-4-19(15-10-11-26(23,24)13-15)18(22)12-20(14(3)21)16-8-6-7-9-17(16)25-5-2/h6-9,15H,4-5,10-13H2,1-3H3. The van der Waals surface area contributed by atoms with Crippen LogP contribution in [0.3, 0.4) is 0 Å². The van der Waals surface area contributed by atoms with Gasteiger partial charge in [-0.2, -0.15) is 0 Å². The van der Waals surface area contributed by atoms with E-state index in [1.54, 1.807) is 29.2 Å². The van der Waals surface area contributed by atoms with E-state index in [1.165, 1.54) is 11.8 Å². The second-order valence-corrected chi connectivity index (χ2v) is 8.47. The largest absolute Gasteiger partial charge is 0.492 e. The molecule has 1 unspecified atom stereocenters. The summed E-state index contributed by atoms with van der Waals surface area (Å²) in [5, 5.41) is 0. The lowest BCUT2D eigenvalue weighted by Crippen LogP contribution is -2.47. The van der Waals surface area contributed by atoms with E-state index in [2.05, 4.69) is 0 Å². The minimum absolute atomic E-state index is 0.0117. The highest BCUT2D eigenvalue weighted by atomic mass is 32.2. The Morgan fingerprint density at radius 3 is 2.46 bits per heavy atom. The van der Waals surface area contributed by atoms with Crippen LogP contribution in [0.25, 0.3) is 0 Å². The summed E-state index contributed by atoms with van der Waals surface area (Å²) in [4.78, 5) is 27.9. The molecule has 144 valence electrons. The van der Waals surface area contributed by atoms with Crippen molar-refractivity contribution in [2.24, 2.45) is 0 Å². The number of carbonyl (C=O) groups is 2. The van der Waals surface area contributed by atoms with E-state index in [1.807, 2.05) is 13.8 Å². The number of rotatable bonds is 7. The molecule has 26 heavy (non-hydrogen) atoms. The number of ether oxygens (including phenoxy) is 1. The highest BCUT2D eigenvalue weighted by molar-refractivity contribution is 7.91. The van der Waals surface area contributed by atoms with Crippen molar-refractivity contribution in [3.8, 4) is 5.75 Å². The van der Waals surface area contributed by atoms with Gasteiger partial charge in [-0.15, -0.1) is 0 Å². The molecule has 1 atom stereocenters. The highest BCUT2D eigenvalue weighted by Gasteiger charge is 2.34. The minimum Gasteiger partial charge on any atom is -0.492 e. The van der Waals surface area contributed by atoms with Crippen LogP contribution in [0.15, 0.2) is 24.3 Å². The normalized spacial score (nSPS) is 18.3. The van der Waals surface area contributed by atoms with E-state index in [-0.39, 0.29) is 35.9 Å². The van der Waals surface area contributed by atoms with E-state index in [4.69, 9.17) is 4.74 Å². The zero-order valence-electron chi connectivity index (χ0n) is 15.5. The maximum absolute atomic E-state index is 12.8. The highest BCUT2D eigenvalue weighted by Crippen LogP contribution is 2.28. The van der Waals surface area contributed by atoms with Gasteiger partial charge in [-0.3, -0.25) is 14.5 Å². The summed E-state index contributed by atoms with van der Waals surface area (Å²) in [5.41, 5.74) is 0.533. The number of benzene rings is 1. The van der Waals surface area contributed by atoms with E-state index in [0.717, 1.165) is 0 Å². The predicted molar refractivity (Wildman–Crippen MR) is 100 cm³/mol. The first-order chi connectivity index (χ1) is 12.3. The molecule has 0 saturated carbocycles. The molecule has 2 rings (SSSR count). The Labute approximate surface area is 154 Å². The topological polar surface area (TPSA) is 84.0 Å². The Balaban J connectivity index is 2.21. The molecular weight excluding hydrogens is 356 g/mol. The number of anilines is 1. The molecule has 2 amide bonds. The first kappa shape index (κ1) is 20.2. The van der Waals surface area contributed by atoms with Crippen LogP contribution in [0, 0.1) is 0 Å². The Morgan fingerprint density at radius 2 is 1.92 bits per heavy atom. The molecule has 0 spiro atoms. The Hall–Kier alpha value is -2.09. The SMILES string of the molecule is CCOc1ccccc1N(CC(=O)N(CC)C1CCS(=O)(=O)C1)C(C)=O. The lowest BCUT2D eigenvalue weighted by Gasteiger charge is -2.30. The van der Waals surface area contributed by atoms with E-state index < -0.39 is 9.84 Å². The third kappa shape index (κ3) is 4.75. The van der Waals surface area contributed by atoms with Gasteiger partial charge in [0.1, 0.15) is 12.3 Å². The molecule has 1 aliphatic rings. The zero-order valence-corrected chi connectivity index (χ0v) is 16.3. The van der Waals surface area contributed by atoms with Crippen LogP contribution in [0.2, 0.25) is 0 Å².